The van der Waals surface area contributed by atoms with Crippen molar-refractivity contribution in [1.82, 2.24) is 10.3 Å². The van der Waals surface area contributed by atoms with Crippen molar-refractivity contribution < 1.29 is 14.2 Å². The quantitative estimate of drug-likeness (QED) is 0.662. The van der Waals surface area contributed by atoms with Crippen molar-refractivity contribution in [2.24, 2.45) is 0 Å². The largest absolute Gasteiger partial charge is 0.493 e. The summed E-state index contributed by atoms with van der Waals surface area (Å²) in [7, 11) is 1.61. The highest BCUT2D eigenvalue weighted by Gasteiger charge is 2.12. The molecule has 0 fully saturated rings. The van der Waals surface area contributed by atoms with Crippen molar-refractivity contribution in [3.8, 4) is 17.4 Å². The Labute approximate surface area is 147 Å². The number of rotatable bonds is 10. The Bertz CT molecular complexity index is 623. The van der Waals surface area contributed by atoms with Crippen LogP contribution in [0.3, 0.4) is 0 Å². The van der Waals surface area contributed by atoms with Gasteiger partial charge in [-0.05, 0) is 18.6 Å². The van der Waals surface area contributed by atoms with Crippen molar-refractivity contribution in [2.45, 2.75) is 19.9 Å². The van der Waals surface area contributed by atoms with Gasteiger partial charge in [-0.15, -0.1) is 0 Å². The number of nitrogens with zero attached hydrogens (tertiary/aromatic N) is 1. The van der Waals surface area contributed by atoms with Gasteiger partial charge in [-0.25, -0.2) is 4.98 Å². The van der Waals surface area contributed by atoms with Crippen LogP contribution in [0.1, 0.15) is 18.9 Å². The molecule has 0 atom stereocenters. The maximum atomic E-state index is 6.16. The fraction of sp³-hybridized carbons (Fsp3) is 0.389. The average molecular weight is 351 g/mol. The zero-order valence-electron chi connectivity index (χ0n) is 14.0. The molecule has 1 aromatic heterocycles. The molecule has 2 rings (SSSR count). The van der Waals surface area contributed by atoms with Gasteiger partial charge in [0, 0.05) is 42.0 Å². The van der Waals surface area contributed by atoms with Crippen LogP contribution in [0.15, 0.2) is 36.5 Å². The molecule has 0 spiro atoms. The molecule has 0 aliphatic heterocycles. The van der Waals surface area contributed by atoms with E-state index in [2.05, 4.69) is 17.2 Å². The maximum absolute atomic E-state index is 6.16. The van der Waals surface area contributed by atoms with Crippen LogP contribution in [0.5, 0.6) is 17.4 Å². The Hall–Kier alpha value is -1.98. The molecular weight excluding hydrogens is 328 g/mol. The molecule has 0 saturated heterocycles. The monoisotopic (exact) mass is 350 g/mol. The standard InChI is InChI=1S/C18H23ClN2O3/c1-3-9-24-18-14(11-15(19)12-16(18)22-2)13-20-8-10-23-17-6-4-5-7-21-17/h4-7,11-12,20H,3,8-10,13H2,1-2H3. The van der Waals surface area contributed by atoms with E-state index in [4.69, 9.17) is 25.8 Å². The molecule has 24 heavy (non-hydrogen) atoms. The van der Waals surface area contributed by atoms with Gasteiger partial charge in [0.25, 0.3) is 0 Å². The molecule has 5 nitrogen and oxygen atoms in total. The summed E-state index contributed by atoms with van der Waals surface area (Å²) >= 11 is 6.16. The summed E-state index contributed by atoms with van der Waals surface area (Å²) in [6.45, 7) is 4.52. The van der Waals surface area contributed by atoms with E-state index in [1.54, 1.807) is 19.4 Å². The van der Waals surface area contributed by atoms with E-state index >= 15 is 0 Å². The number of methoxy groups -OCH3 is 1. The van der Waals surface area contributed by atoms with Gasteiger partial charge in [-0.2, -0.15) is 0 Å². The third kappa shape index (κ3) is 5.58. The molecule has 0 amide bonds. The average Bonchev–Trinajstić information content (AvgIpc) is 2.61. The van der Waals surface area contributed by atoms with Gasteiger partial charge in [-0.1, -0.05) is 24.6 Å². The van der Waals surface area contributed by atoms with Gasteiger partial charge in [-0.3, -0.25) is 0 Å². The van der Waals surface area contributed by atoms with Crippen molar-refractivity contribution in [2.75, 3.05) is 26.9 Å². The lowest BCUT2D eigenvalue weighted by molar-refractivity contribution is 0.287. The molecule has 0 radical (unpaired) electrons. The Morgan fingerprint density at radius 1 is 1.17 bits per heavy atom. The summed E-state index contributed by atoms with van der Waals surface area (Å²) in [6.07, 6.45) is 2.63. The van der Waals surface area contributed by atoms with E-state index in [0.717, 1.165) is 17.7 Å². The predicted molar refractivity (Wildman–Crippen MR) is 95.2 cm³/mol. The topological polar surface area (TPSA) is 52.6 Å². The summed E-state index contributed by atoms with van der Waals surface area (Å²) in [5.74, 6) is 2.01. The highest BCUT2D eigenvalue weighted by molar-refractivity contribution is 6.30. The first kappa shape index (κ1) is 18.4. The number of pyridine rings is 1. The molecular formula is C18H23ClN2O3. The molecule has 0 bridgehead atoms. The van der Waals surface area contributed by atoms with Crippen LogP contribution in [0.25, 0.3) is 0 Å². The number of ether oxygens (including phenoxy) is 3. The van der Waals surface area contributed by atoms with E-state index in [0.29, 0.717) is 43.0 Å². The fourth-order valence-electron chi connectivity index (χ4n) is 2.16. The van der Waals surface area contributed by atoms with Crippen molar-refractivity contribution in [3.05, 3.63) is 47.1 Å². The lowest BCUT2D eigenvalue weighted by atomic mass is 10.2. The molecule has 1 heterocycles. The lowest BCUT2D eigenvalue weighted by Crippen LogP contribution is -2.21. The van der Waals surface area contributed by atoms with Crippen LogP contribution in [0.2, 0.25) is 5.02 Å². The molecule has 2 aromatic rings. The van der Waals surface area contributed by atoms with Crippen molar-refractivity contribution in [3.63, 3.8) is 0 Å². The van der Waals surface area contributed by atoms with E-state index in [1.807, 2.05) is 24.3 Å². The molecule has 0 saturated carbocycles. The number of aromatic nitrogens is 1. The highest BCUT2D eigenvalue weighted by atomic mass is 35.5. The van der Waals surface area contributed by atoms with Gasteiger partial charge in [0.05, 0.1) is 13.7 Å². The summed E-state index contributed by atoms with van der Waals surface area (Å²) in [4.78, 5) is 4.11. The van der Waals surface area contributed by atoms with Gasteiger partial charge in [0.15, 0.2) is 11.5 Å². The molecule has 130 valence electrons. The molecule has 1 N–H and O–H groups in total. The Balaban J connectivity index is 1.89. The lowest BCUT2D eigenvalue weighted by Gasteiger charge is -2.16. The van der Waals surface area contributed by atoms with Crippen molar-refractivity contribution >= 4 is 11.6 Å². The SMILES string of the molecule is CCCOc1c(CNCCOc2ccccn2)cc(Cl)cc1OC. The summed E-state index contributed by atoms with van der Waals surface area (Å²) in [6, 6.07) is 9.24. The second kappa shape index (κ2) is 10.0. The number of hydrogen-bond acceptors (Lipinski definition) is 5. The van der Waals surface area contributed by atoms with E-state index in [1.165, 1.54) is 0 Å². The highest BCUT2D eigenvalue weighted by Crippen LogP contribution is 2.34. The van der Waals surface area contributed by atoms with Gasteiger partial charge in [0.1, 0.15) is 6.61 Å². The van der Waals surface area contributed by atoms with Crippen LogP contribution in [0.4, 0.5) is 0 Å². The Morgan fingerprint density at radius 3 is 2.75 bits per heavy atom. The molecule has 6 heteroatoms. The number of hydrogen-bond donors (Lipinski definition) is 1. The van der Waals surface area contributed by atoms with Crippen LogP contribution in [0, 0.1) is 0 Å². The van der Waals surface area contributed by atoms with Gasteiger partial charge < -0.3 is 19.5 Å². The zero-order valence-corrected chi connectivity index (χ0v) is 14.8. The van der Waals surface area contributed by atoms with E-state index in [-0.39, 0.29) is 0 Å². The van der Waals surface area contributed by atoms with Gasteiger partial charge in [0.2, 0.25) is 5.88 Å². The fourth-order valence-corrected chi connectivity index (χ4v) is 2.39. The third-order valence-electron chi connectivity index (χ3n) is 3.25. The van der Waals surface area contributed by atoms with Crippen LogP contribution >= 0.6 is 11.6 Å². The third-order valence-corrected chi connectivity index (χ3v) is 3.47. The molecule has 1 aromatic carbocycles. The maximum Gasteiger partial charge on any atom is 0.213 e. The Morgan fingerprint density at radius 2 is 2.04 bits per heavy atom. The molecule has 0 unspecified atom stereocenters. The van der Waals surface area contributed by atoms with Crippen LogP contribution in [-0.4, -0.2) is 31.9 Å². The van der Waals surface area contributed by atoms with E-state index in [9.17, 15) is 0 Å². The molecule has 0 aliphatic rings. The normalized spacial score (nSPS) is 10.5. The summed E-state index contributed by atoms with van der Waals surface area (Å²) in [5.41, 5.74) is 0.964. The number of nitrogens with one attached hydrogen (secondary N) is 1. The first-order chi connectivity index (χ1) is 11.7. The second-order valence-electron chi connectivity index (χ2n) is 5.14. The zero-order chi connectivity index (χ0) is 17.2. The Kier molecular flexibility index (Phi) is 7.65. The second-order valence-corrected chi connectivity index (χ2v) is 5.57. The number of halogens is 1. The van der Waals surface area contributed by atoms with E-state index < -0.39 is 0 Å². The minimum atomic E-state index is 0.528. The minimum Gasteiger partial charge on any atom is -0.493 e. The predicted octanol–water partition coefficient (Wildman–Crippen LogP) is 3.70. The first-order valence-corrected chi connectivity index (χ1v) is 8.36. The minimum absolute atomic E-state index is 0.528. The smallest absolute Gasteiger partial charge is 0.213 e. The van der Waals surface area contributed by atoms with Crippen LogP contribution < -0.4 is 19.5 Å². The number of benzene rings is 1. The first-order valence-electron chi connectivity index (χ1n) is 7.98. The van der Waals surface area contributed by atoms with Crippen molar-refractivity contribution in [1.29, 1.82) is 0 Å². The molecule has 0 aliphatic carbocycles. The summed E-state index contributed by atoms with van der Waals surface area (Å²) in [5, 5.41) is 3.94. The van der Waals surface area contributed by atoms with Crippen LogP contribution in [-0.2, 0) is 6.54 Å². The van der Waals surface area contributed by atoms with Gasteiger partial charge >= 0.3 is 0 Å². The summed E-state index contributed by atoms with van der Waals surface area (Å²) < 4.78 is 16.8.